The molecule has 1 amide bonds. The first-order chi connectivity index (χ1) is 13.7. The molecule has 3 heterocycles. The van der Waals surface area contributed by atoms with Gasteiger partial charge in [-0.3, -0.25) is 4.79 Å². The number of amides is 1. The number of benzene rings is 1. The van der Waals surface area contributed by atoms with E-state index in [0.29, 0.717) is 11.2 Å². The summed E-state index contributed by atoms with van der Waals surface area (Å²) in [5, 5.41) is 4.25. The normalized spacial score (nSPS) is 13.7. The van der Waals surface area contributed by atoms with Gasteiger partial charge in [-0.05, 0) is 50.5 Å². The van der Waals surface area contributed by atoms with Crippen molar-refractivity contribution in [2.45, 2.75) is 26.2 Å². The van der Waals surface area contributed by atoms with Crippen LogP contribution in [0.4, 0.5) is 11.4 Å². The second-order valence-electron chi connectivity index (χ2n) is 7.08. The second-order valence-corrected chi connectivity index (χ2v) is 7.08. The van der Waals surface area contributed by atoms with Crippen LogP contribution in [0.5, 0.6) is 5.75 Å². The van der Waals surface area contributed by atoms with Crippen molar-refractivity contribution in [2.75, 3.05) is 25.5 Å². The van der Waals surface area contributed by atoms with Crippen LogP contribution in [0.2, 0.25) is 0 Å². The molecule has 3 aromatic rings. The number of fused-ring (bicyclic) bond motifs is 1. The number of hydrogen-bond acceptors (Lipinski definition) is 5. The van der Waals surface area contributed by atoms with Gasteiger partial charge in [0.25, 0.3) is 5.91 Å². The van der Waals surface area contributed by atoms with Gasteiger partial charge < -0.3 is 15.0 Å². The summed E-state index contributed by atoms with van der Waals surface area (Å²) in [6, 6.07) is 11.6. The lowest BCUT2D eigenvalue weighted by Gasteiger charge is -2.27. The van der Waals surface area contributed by atoms with Gasteiger partial charge in [-0.2, -0.15) is 0 Å². The van der Waals surface area contributed by atoms with Gasteiger partial charge >= 0.3 is 0 Å². The number of nitrogens with one attached hydrogen (secondary N) is 1. The maximum Gasteiger partial charge on any atom is 0.257 e. The molecule has 1 aliphatic rings. The van der Waals surface area contributed by atoms with Crippen molar-refractivity contribution in [1.82, 2.24) is 14.9 Å². The number of anilines is 2. The number of methoxy groups -OCH3 is 1. The summed E-state index contributed by atoms with van der Waals surface area (Å²) in [5.74, 6) is 0.765. The van der Waals surface area contributed by atoms with Crippen LogP contribution in [0.1, 0.15) is 35.3 Å². The molecule has 1 aliphatic heterocycles. The predicted molar refractivity (Wildman–Crippen MR) is 118 cm³/mol. The molecule has 7 heteroatoms. The van der Waals surface area contributed by atoms with E-state index in [1.807, 2.05) is 48.2 Å². The molecule has 1 saturated heterocycles. The number of ether oxygens (including phenoxy) is 1. The van der Waals surface area contributed by atoms with Gasteiger partial charge in [0.2, 0.25) is 0 Å². The molecule has 1 N–H and O–H groups in total. The summed E-state index contributed by atoms with van der Waals surface area (Å²) in [5.41, 5.74) is 3.67. The minimum absolute atomic E-state index is 0. The highest BCUT2D eigenvalue weighted by Gasteiger charge is 2.23. The Morgan fingerprint density at radius 2 is 1.93 bits per heavy atom. The molecule has 6 nitrogen and oxygen atoms in total. The number of aromatic nitrogens is 2. The van der Waals surface area contributed by atoms with E-state index in [2.05, 4.69) is 15.3 Å². The van der Waals surface area contributed by atoms with Crippen LogP contribution in [0.3, 0.4) is 0 Å². The van der Waals surface area contributed by atoms with Crippen LogP contribution in [0.25, 0.3) is 11.0 Å². The summed E-state index contributed by atoms with van der Waals surface area (Å²) in [7, 11) is 1.64. The zero-order chi connectivity index (χ0) is 19.5. The van der Waals surface area contributed by atoms with Crippen molar-refractivity contribution in [3.05, 3.63) is 53.9 Å². The predicted octanol–water partition coefficient (Wildman–Crippen LogP) is 4.74. The minimum atomic E-state index is 0. The third kappa shape index (κ3) is 4.43. The SMILES string of the molecule is COc1cccc(Nc2c(C(=O)N3CCCCC3)cnc3nc(C)ccc23)c1.Cl. The lowest BCUT2D eigenvalue weighted by molar-refractivity contribution is 0.0725. The first-order valence-corrected chi connectivity index (χ1v) is 9.62. The quantitative estimate of drug-likeness (QED) is 0.670. The minimum Gasteiger partial charge on any atom is -0.497 e. The average molecular weight is 413 g/mol. The summed E-state index contributed by atoms with van der Waals surface area (Å²) in [4.78, 5) is 24.2. The van der Waals surface area contributed by atoms with Crippen LogP contribution < -0.4 is 10.1 Å². The summed E-state index contributed by atoms with van der Waals surface area (Å²) in [6.07, 6.45) is 4.92. The van der Waals surface area contributed by atoms with Gasteiger partial charge in [0.1, 0.15) is 5.75 Å². The molecule has 0 spiro atoms. The van der Waals surface area contributed by atoms with E-state index in [1.54, 1.807) is 13.3 Å². The maximum absolute atomic E-state index is 13.2. The van der Waals surface area contributed by atoms with Crippen molar-refractivity contribution in [3.8, 4) is 5.75 Å². The van der Waals surface area contributed by atoms with E-state index in [-0.39, 0.29) is 18.3 Å². The number of halogens is 1. The zero-order valence-electron chi connectivity index (χ0n) is 16.6. The van der Waals surface area contributed by atoms with Gasteiger partial charge in [0, 0.05) is 42.1 Å². The van der Waals surface area contributed by atoms with E-state index in [9.17, 15) is 4.79 Å². The van der Waals surface area contributed by atoms with Crippen molar-refractivity contribution in [3.63, 3.8) is 0 Å². The second kappa shape index (κ2) is 9.09. The smallest absolute Gasteiger partial charge is 0.257 e. The third-order valence-corrected chi connectivity index (χ3v) is 5.08. The molecular formula is C22H25ClN4O2. The van der Waals surface area contributed by atoms with E-state index < -0.39 is 0 Å². The van der Waals surface area contributed by atoms with E-state index in [0.717, 1.165) is 54.1 Å². The average Bonchev–Trinajstić information content (AvgIpc) is 2.74. The molecule has 1 fully saturated rings. The molecule has 2 aromatic heterocycles. The van der Waals surface area contributed by atoms with Crippen LogP contribution >= 0.6 is 12.4 Å². The standard InChI is InChI=1S/C22H24N4O2.ClH/c1-15-9-10-18-20(25-16-7-6-8-17(13-16)28-2)19(14-23-21(18)24-15)22(27)26-11-4-3-5-12-26;/h6-10,13-14H,3-5,11-12H2,1-2H3,(H,23,24,25);1H. The molecule has 0 saturated carbocycles. The summed E-state index contributed by atoms with van der Waals surface area (Å²) >= 11 is 0. The fourth-order valence-corrected chi connectivity index (χ4v) is 3.58. The van der Waals surface area contributed by atoms with Gasteiger partial charge in [-0.25, -0.2) is 9.97 Å². The van der Waals surface area contributed by atoms with Crippen molar-refractivity contribution >= 4 is 40.7 Å². The molecule has 4 rings (SSSR count). The van der Waals surface area contributed by atoms with Crippen LogP contribution in [-0.4, -0.2) is 41.0 Å². The van der Waals surface area contributed by atoms with E-state index in [4.69, 9.17) is 4.74 Å². The Morgan fingerprint density at radius 1 is 1.14 bits per heavy atom. The number of aryl methyl sites for hydroxylation is 1. The fraction of sp³-hybridized carbons (Fsp3) is 0.318. The molecule has 0 radical (unpaired) electrons. The highest BCUT2D eigenvalue weighted by Crippen LogP contribution is 2.31. The fourth-order valence-electron chi connectivity index (χ4n) is 3.58. The first kappa shape index (κ1) is 20.9. The Morgan fingerprint density at radius 3 is 2.69 bits per heavy atom. The lowest BCUT2D eigenvalue weighted by Crippen LogP contribution is -2.36. The van der Waals surface area contributed by atoms with E-state index in [1.165, 1.54) is 6.42 Å². The number of carbonyl (C=O) groups excluding carboxylic acids is 1. The van der Waals surface area contributed by atoms with Gasteiger partial charge in [-0.1, -0.05) is 6.07 Å². The Kier molecular flexibility index (Phi) is 6.54. The third-order valence-electron chi connectivity index (χ3n) is 5.08. The topological polar surface area (TPSA) is 67.3 Å². The highest BCUT2D eigenvalue weighted by atomic mass is 35.5. The molecule has 1 aromatic carbocycles. The maximum atomic E-state index is 13.2. The Bertz CT molecular complexity index is 1020. The largest absolute Gasteiger partial charge is 0.497 e. The van der Waals surface area contributed by atoms with Crippen molar-refractivity contribution in [1.29, 1.82) is 0 Å². The number of rotatable bonds is 4. The highest BCUT2D eigenvalue weighted by molar-refractivity contribution is 6.07. The molecule has 0 unspecified atom stereocenters. The zero-order valence-corrected chi connectivity index (χ0v) is 17.5. The number of likely N-dealkylation sites (tertiary alicyclic amines) is 1. The molecule has 152 valence electrons. The van der Waals surface area contributed by atoms with Gasteiger partial charge in [0.05, 0.1) is 18.4 Å². The number of carbonyl (C=O) groups is 1. The number of hydrogen-bond donors (Lipinski definition) is 1. The molecule has 0 bridgehead atoms. The molecule has 0 aliphatic carbocycles. The van der Waals surface area contributed by atoms with Crippen molar-refractivity contribution in [2.24, 2.45) is 0 Å². The Balaban J connectivity index is 0.00000240. The van der Waals surface area contributed by atoms with Crippen LogP contribution in [0.15, 0.2) is 42.6 Å². The van der Waals surface area contributed by atoms with Crippen LogP contribution in [-0.2, 0) is 0 Å². The van der Waals surface area contributed by atoms with Gasteiger partial charge in [-0.15, -0.1) is 12.4 Å². The van der Waals surface area contributed by atoms with Gasteiger partial charge in [0.15, 0.2) is 5.65 Å². The summed E-state index contributed by atoms with van der Waals surface area (Å²) in [6.45, 7) is 3.52. The molecular weight excluding hydrogens is 388 g/mol. The van der Waals surface area contributed by atoms with Crippen LogP contribution in [0, 0.1) is 6.92 Å². The van der Waals surface area contributed by atoms with E-state index >= 15 is 0 Å². The molecule has 0 atom stereocenters. The number of pyridine rings is 2. The van der Waals surface area contributed by atoms with Crippen molar-refractivity contribution < 1.29 is 9.53 Å². The first-order valence-electron chi connectivity index (χ1n) is 9.62. The molecule has 29 heavy (non-hydrogen) atoms. The monoisotopic (exact) mass is 412 g/mol. The number of piperidine rings is 1. The Hall–Kier alpha value is -2.86. The Labute approximate surface area is 176 Å². The lowest BCUT2D eigenvalue weighted by atomic mass is 10.1. The summed E-state index contributed by atoms with van der Waals surface area (Å²) < 4.78 is 5.33. The number of nitrogens with zero attached hydrogens (tertiary/aromatic N) is 3.